The Hall–Kier alpha value is -2.92. The van der Waals surface area contributed by atoms with Crippen molar-refractivity contribution >= 4 is 27.7 Å². The van der Waals surface area contributed by atoms with Gasteiger partial charge in [-0.15, -0.1) is 0 Å². The van der Waals surface area contributed by atoms with Gasteiger partial charge in [-0.25, -0.2) is 22.9 Å². The van der Waals surface area contributed by atoms with Crippen molar-refractivity contribution in [2.24, 2.45) is 0 Å². The van der Waals surface area contributed by atoms with E-state index in [0.29, 0.717) is 50.6 Å². The molecular weight excluding hydrogens is 412 g/mol. The van der Waals surface area contributed by atoms with Crippen molar-refractivity contribution in [1.29, 1.82) is 0 Å². The number of anilines is 1. The monoisotopic (exact) mass is 436 g/mol. The summed E-state index contributed by atoms with van der Waals surface area (Å²) in [5.74, 6) is -0.0887. The fourth-order valence-corrected chi connectivity index (χ4v) is 3.74. The highest BCUT2D eigenvalue weighted by Crippen LogP contribution is 2.18. The fourth-order valence-electron chi connectivity index (χ4n) is 3.09. The number of ether oxygens (including phenoxy) is 1. The Labute approximate surface area is 174 Å². The van der Waals surface area contributed by atoms with Crippen molar-refractivity contribution in [2.75, 3.05) is 44.7 Å². The average Bonchev–Trinajstić information content (AvgIpc) is 3.13. The van der Waals surface area contributed by atoms with Crippen molar-refractivity contribution < 1.29 is 27.2 Å². The van der Waals surface area contributed by atoms with Crippen molar-refractivity contribution in [3.63, 3.8) is 0 Å². The molecule has 162 valence electrons. The van der Waals surface area contributed by atoms with E-state index in [4.69, 9.17) is 9.15 Å². The number of rotatable bonds is 6. The minimum absolute atomic E-state index is 0.0193. The Morgan fingerprint density at radius 3 is 2.63 bits per heavy atom. The number of amides is 1. The van der Waals surface area contributed by atoms with E-state index in [1.165, 1.54) is 25.4 Å². The molecule has 1 amide bonds. The Morgan fingerprint density at radius 1 is 1.17 bits per heavy atom. The van der Waals surface area contributed by atoms with Gasteiger partial charge in [0, 0.05) is 32.4 Å². The normalized spacial score (nSPS) is 15.0. The molecular formula is C19H24N4O6S. The molecule has 1 fully saturated rings. The SMILES string of the molecule is CCOC(=O)c1ccc(N2CCCN(C(=O)c3ccc(S(=O)(=O)NC)o3)CC2)nc1. The maximum Gasteiger partial charge on any atom is 0.339 e. The van der Waals surface area contributed by atoms with Crippen LogP contribution in [-0.2, 0) is 14.8 Å². The summed E-state index contributed by atoms with van der Waals surface area (Å²) in [5.41, 5.74) is 0.386. The van der Waals surface area contributed by atoms with Gasteiger partial charge in [-0.2, -0.15) is 0 Å². The van der Waals surface area contributed by atoms with E-state index in [1.807, 2.05) is 4.90 Å². The molecule has 1 aliphatic heterocycles. The summed E-state index contributed by atoms with van der Waals surface area (Å²) in [4.78, 5) is 32.5. The largest absolute Gasteiger partial charge is 0.462 e. The summed E-state index contributed by atoms with van der Waals surface area (Å²) >= 11 is 0. The zero-order chi connectivity index (χ0) is 21.7. The van der Waals surface area contributed by atoms with Gasteiger partial charge in [0.05, 0.1) is 12.2 Å². The maximum absolute atomic E-state index is 12.7. The second-order valence-corrected chi connectivity index (χ2v) is 8.40. The van der Waals surface area contributed by atoms with Gasteiger partial charge < -0.3 is 19.0 Å². The van der Waals surface area contributed by atoms with Crippen LogP contribution >= 0.6 is 0 Å². The molecule has 11 heteroatoms. The van der Waals surface area contributed by atoms with Crippen LogP contribution in [0, 0.1) is 0 Å². The number of carbonyl (C=O) groups is 2. The minimum Gasteiger partial charge on any atom is -0.462 e. The van der Waals surface area contributed by atoms with Gasteiger partial charge in [-0.1, -0.05) is 0 Å². The molecule has 1 saturated heterocycles. The number of nitrogens with one attached hydrogen (secondary N) is 1. The van der Waals surface area contributed by atoms with Gasteiger partial charge in [0.1, 0.15) is 5.82 Å². The molecule has 2 aromatic heterocycles. The molecule has 0 radical (unpaired) electrons. The van der Waals surface area contributed by atoms with Crippen LogP contribution in [0.25, 0.3) is 0 Å². The number of carbonyl (C=O) groups excluding carboxylic acids is 2. The van der Waals surface area contributed by atoms with Crippen LogP contribution in [0.15, 0.2) is 40.0 Å². The first-order valence-electron chi connectivity index (χ1n) is 9.56. The van der Waals surface area contributed by atoms with Gasteiger partial charge in [0.2, 0.25) is 5.09 Å². The summed E-state index contributed by atoms with van der Waals surface area (Å²) < 4.78 is 36.0. The third-order valence-corrected chi connectivity index (χ3v) is 5.98. The van der Waals surface area contributed by atoms with Crippen LogP contribution in [0.4, 0.5) is 5.82 Å². The van der Waals surface area contributed by atoms with Gasteiger partial charge in [-0.3, -0.25) is 4.79 Å². The van der Waals surface area contributed by atoms with Crippen LogP contribution in [0.5, 0.6) is 0 Å². The summed E-state index contributed by atoms with van der Waals surface area (Å²) in [6.45, 7) is 4.20. The minimum atomic E-state index is -3.74. The van der Waals surface area contributed by atoms with Gasteiger partial charge in [-0.05, 0) is 44.7 Å². The molecule has 1 N–H and O–H groups in total. The van der Waals surface area contributed by atoms with Crippen molar-refractivity contribution in [1.82, 2.24) is 14.6 Å². The molecule has 0 aliphatic carbocycles. The molecule has 3 rings (SSSR count). The molecule has 30 heavy (non-hydrogen) atoms. The van der Waals surface area contributed by atoms with E-state index in [-0.39, 0.29) is 16.8 Å². The second kappa shape index (κ2) is 9.26. The van der Waals surface area contributed by atoms with Crippen LogP contribution < -0.4 is 9.62 Å². The Bertz CT molecular complexity index is 1000. The Morgan fingerprint density at radius 2 is 1.97 bits per heavy atom. The molecule has 1 aliphatic rings. The highest BCUT2D eigenvalue weighted by Gasteiger charge is 2.25. The zero-order valence-electron chi connectivity index (χ0n) is 16.8. The molecule has 0 spiro atoms. The standard InChI is InChI=1S/C19H24N4O6S/c1-3-28-19(25)14-5-7-16(21-13-14)22-9-4-10-23(12-11-22)18(24)15-6-8-17(29-15)30(26,27)20-2/h5-8,13,20H,3-4,9-12H2,1-2H3. The van der Waals surface area contributed by atoms with Crippen LogP contribution in [0.1, 0.15) is 34.3 Å². The average molecular weight is 436 g/mol. The third-order valence-electron chi connectivity index (χ3n) is 4.69. The van der Waals surface area contributed by atoms with Crippen LogP contribution in [-0.4, -0.2) is 70.0 Å². The summed E-state index contributed by atoms with van der Waals surface area (Å²) in [7, 11) is -2.47. The van der Waals surface area contributed by atoms with Crippen LogP contribution in [0.2, 0.25) is 0 Å². The lowest BCUT2D eigenvalue weighted by molar-refractivity contribution is 0.0525. The predicted octanol–water partition coefficient (Wildman–Crippen LogP) is 1.11. The molecule has 0 saturated carbocycles. The summed E-state index contributed by atoms with van der Waals surface area (Å²) in [6.07, 6.45) is 2.18. The number of furan rings is 1. The van der Waals surface area contributed by atoms with E-state index in [1.54, 1.807) is 24.0 Å². The molecule has 3 heterocycles. The number of esters is 1. The first kappa shape index (κ1) is 21.8. The lowest BCUT2D eigenvalue weighted by atomic mass is 10.2. The molecule has 0 unspecified atom stereocenters. The van der Waals surface area contributed by atoms with Crippen molar-refractivity contribution in [3.8, 4) is 0 Å². The van der Waals surface area contributed by atoms with E-state index in [9.17, 15) is 18.0 Å². The number of pyridine rings is 1. The highest BCUT2D eigenvalue weighted by molar-refractivity contribution is 7.89. The second-order valence-electron chi connectivity index (χ2n) is 6.58. The fraction of sp³-hybridized carbons (Fsp3) is 0.421. The number of hydrogen-bond acceptors (Lipinski definition) is 8. The lowest BCUT2D eigenvalue weighted by Crippen LogP contribution is -2.35. The smallest absolute Gasteiger partial charge is 0.339 e. The summed E-state index contributed by atoms with van der Waals surface area (Å²) in [6, 6.07) is 6.05. The first-order valence-corrected chi connectivity index (χ1v) is 11.0. The topological polar surface area (TPSA) is 122 Å². The maximum atomic E-state index is 12.7. The first-order chi connectivity index (χ1) is 14.4. The summed E-state index contributed by atoms with van der Waals surface area (Å²) in [5, 5.41) is -0.296. The van der Waals surface area contributed by atoms with Gasteiger partial charge >= 0.3 is 5.97 Å². The Kier molecular flexibility index (Phi) is 6.73. The molecule has 0 bridgehead atoms. The van der Waals surface area contributed by atoms with E-state index in [2.05, 4.69) is 9.71 Å². The quantitative estimate of drug-likeness (QED) is 0.669. The van der Waals surface area contributed by atoms with Crippen molar-refractivity contribution in [3.05, 3.63) is 41.8 Å². The molecule has 0 aromatic carbocycles. The molecule has 10 nitrogen and oxygen atoms in total. The number of sulfonamides is 1. The molecule has 0 atom stereocenters. The van der Waals surface area contributed by atoms with E-state index in [0.717, 1.165) is 0 Å². The van der Waals surface area contributed by atoms with Gasteiger partial charge in [0.25, 0.3) is 15.9 Å². The predicted molar refractivity (Wildman–Crippen MR) is 108 cm³/mol. The van der Waals surface area contributed by atoms with Crippen LogP contribution in [0.3, 0.4) is 0 Å². The number of hydrogen-bond donors (Lipinski definition) is 1. The van der Waals surface area contributed by atoms with E-state index >= 15 is 0 Å². The number of nitrogens with zero attached hydrogens (tertiary/aromatic N) is 3. The van der Waals surface area contributed by atoms with E-state index < -0.39 is 16.0 Å². The van der Waals surface area contributed by atoms with Gasteiger partial charge in [0.15, 0.2) is 5.76 Å². The number of aromatic nitrogens is 1. The zero-order valence-corrected chi connectivity index (χ0v) is 17.6. The lowest BCUT2D eigenvalue weighted by Gasteiger charge is -2.22. The highest BCUT2D eigenvalue weighted by atomic mass is 32.2. The third kappa shape index (κ3) is 4.79. The molecule has 2 aromatic rings. The Balaban J connectivity index is 1.65. The van der Waals surface area contributed by atoms with Crippen molar-refractivity contribution in [2.45, 2.75) is 18.4 Å².